The number of hydrogen-bond acceptors (Lipinski definition) is 5. The van der Waals surface area contributed by atoms with E-state index in [0.29, 0.717) is 31.5 Å². The molecule has 0 saturated carbocycles. The fourth-order valence-corrected chi connectivity index (χ4v) is 3.19. The normalized spacial score (nSPS) is 10.8. The quantitative estimate of drug-likeness (QED) is 0.450. The fraction of sp³-hybridized carbons (Fsp3) is 0.375. The Kier molecular flexibility index (Phi) is 8.18. The zero-order valence-electron chi connectivity index (χ0n) is 18.4. The first-order valence-electron chi connectivity index (χ1n) is 10.7. The zero-order chi connectivity index (χ0) is 22.1. The SMILES string of the molecule is CCCCCC(=O)Nc1ccc(-n2nc(OCCOC)nc2-c2ccccc2C)cc1. The maximum absolute atomic E-state index is 12.1. The van der Waals surface area contributed by atoms with Gasteiger partial charge in [-0.2, -0.15) is 4.98 Å². The largest absolute Gasteiger partial charge is 0.460 e. The van der Waals surface area contributed by atoms with Crippen molar-refractivity contribution in [3.05, 3.63) is 54.1 Å². The van der Waals surface area contributed by atoms with Crippen LogP contribution in [0.15, 0.2) is 48.5 Å². The molecule has 0 bridgehead atoms. The third-order valence-electron chi connectivity index (χ3n) is 4.90. The highest BCUT2D eigenvalue weighted by molar-refractivity contribution is 5.90. The van der Waals surface area contributed by atoms with Gasteiger partial charge in [0.2, 0.25) is 5.91 Å². The Morgan fingerprint density at radius 3 is 2.55 bits per heavy atom. The minimum Gasteiger partial charge on any atom is -0.460 e. The molecule has 0 spiro atoms. The van der Waals surface area contributed by atoms with Gasteiger partial charge in [0.05, 0.1) is 12.3 Å². The second-order valence-electron chi connectivity index (χ2n) is 7.34. The van der Waals surface area contributed by atoms with Crippen LogP contribution in [-0.4, -0.2) is 41.0 Å². The molecule has 0 atom stereocenters. The third-order valence-corrected chi connectivity index (χ3v) is 4.90. The zero-order valence-corrected chi connectivity index (χ0v) is 18.4. The van der Waals surface area contributed by atoms with Gasteiger partial charge >= 0.3 is 6.01 Å². The van der Waals surface area contributed by atoms with E-state index >= 15 is 0 Å². The highest BCUT2D eigenvalue weighted by Gasteiger charge is 2.16. The van der Waals surface area contributed by atoms with E-state index in [1.54, 1.807) is 11.8 Å². The van der Waals surface area contributed by atoms with Crippen molar-refractivity contribution >= 4 is 11.6 Å². The smallest absolute Gasteiger partial charge is 0.336 e. The molecule has 1 heterocycles. The first-order chi connectivity index (χ1) is 15.1. The Hall–Kier alpha value is -3.19. The van der Waals surface area contributed by atoms with Crippen LogP contribution in [0.4, 0.5) is 5.69 Å². The first kappa shape index (κ1) is 22.5. The molecule has 0 unspecified atom stereocenters. The number of aryl methyl sites for hydroxylation is 1. The van der Waals surface area contributed by atoms with Crippen LogP contribution in [-0.2, 0) is 9.53 Å². The Bertz CT molecular complexity index is 983. The Balaban J connectivity index is 1.83. The van der Waals surface area contributed by atoms with Gasteiger partial charge in [-0.3, -0.25) is 4.79 Å². The second kappa shape index (κ2) is 11.3. The van der Waals surface area contributed by atoms with Crippen LogP contribution in [0.25, 0.3) is 17.1 Å². The van der Waals surface area contributed by atoms with Gasteiger partial charge in [0, 0.05) is 24.8 Å². The van der Waals surface area contributed by atoms with E-state index < -0.39 is 0 Å². The minimum atomic E-state index is 0.0383. The van der Waals surface area contributed by atoms with Gasteiger partial charge in [-0.25, -0.2) is 4.68 Å². The Morgan fingerprint density at radius 2 is 1.84 bits per heavy atom. The summed E-state index contributed by atoms with van der Waals surface area (Å²) in [5.74, 6) is 0.734. The number of ether oxygens (including phenoxy) is 2. The molecule has 0 aliphatic heterocycles. The van der Waals surface area contributed by atoms with Gasteiger partial charge in [0.1, 0.15) is 6.61 Å². The number of nitrogens with one attached hydrogen (secondary N) is 1. The molecule has 0 aliphatic rings. The van der Waals surface area contributed by atoms with E-state index in [4.69, 9.17) is 9.47 Å². The lowest BCUT2D eigenvalue weighted by Gasteiger charge is -2.09. The topological polar surface area (TPSA) is 78.3 Å². The van der Waals surface area contributed by atoms with Crippen LogP contribution in [0.2, 0.25) is 0 Å². The summed E-state index contributed by atoms with van der Waals surface area (Å²) >= 11 is 0. The minimum absolute atomic E-state index is 0.0383. The Morgan fingerprint density at radius 1 is 1.06 bits per heavy atom. The lowest BCUT2D eigenvalue weighted by molar-refractivity contribution is -0.116. The van der Waals surface area contributed by atoms with E-state index in [1.807, 2.05) is 55.5 Å². The number of methoxy groups -OCH3 is 1. The van der Waals surface area contributed by atoms with Crippen LogP contribution in [0.3, 0.4) is 0 Å². The maximum Gasteiger partial charge on any atom is 0.336 e. The van der Waals surface area contributed by atoms with Crippen molar-refractivity contribution in [3.63, 3.8) is 0 Å². The molecular weight excluding hydrogens is 392 g/mol. The highest BCUT2D eigenvalue weighted by Crippen LogP contribution is 2.26. The van der Waals surface area contributed by atoms with Gasteiger partial charge in [0.25, 0.3) is 0 Å². The predicted molar refractivity (Wildman–Crippen MR) is 122 cm³/mol. The van der Waals surface area contributed by atoms with Crippen LogP contribution in [0, 0.1) is 6.92 Å². The molecular formula is C24H30N4O3. The van der Waals surface area contributed by atoms with Gasteiger partial charge in [-0.05, 0) is 43.2 Å². The number of nitrogens with zero attached hydrogens (tertiary/aromatic N) is 3. The molecule has 0 aliphatic carbocycles. The van der Waals surface area contributed by atoms with Gasteiger partial charge in [-0.1, -0.05) is 44.0 Å². The number of amides is 1. The molecule has 3 rings (SSSR count). The van der Waals surface area contributed by atoms with Crippen LogP contribution in [0.5, 0.6) is 6.01 Å². The summed E-state index contributed by atoms with van der Waals surface area (Å²) < 4.78 is 12.5. The molecule has 1 amide bonds. The van der Waals surface area contributed by atoms with Crippen molar-refractivity contribution in [2.45, 2.75) is 39.5 Å². The summed E-state index contributed by atoms with van der Waals surface area (Å²) in [5, 5.41) is 7.50. The van der Waals surface area contributed by atoms with Gasteiger partial charge < -0.3 is 14.8 Å². The monoisotopic (exact) mass is 422 g/mol. The van der Waals surface area contributed by atoms with Crippen molar-refractivity contribution in [1.29, 1.82) is 0 Å². The number of unbranched alkanes of at least 4 members (excludes halogenated alkanes) is 2. The highest BCUT2D eigenvalue weighted by atomic mass is 16.5. The van der Waals surface area contributed by atoms with Crippen LogP contribution >= 0.6 is 0 Å². The fourth-order valence-electron chi connectivity index (χ4n) is 3.19. The summed E-state index contributed by atoms with van der Waals surface area (Å²) in [6.07, 6.45) is 3.61. The Labute approximate surface area is 183 Å². The van der Waals surface area contributed by atoms with Crippen LogP contribution in [0.1, 0.15) is 38.2 Å². The van der Waals surface area contributed by atoms with Crippen LogP contribution < -0.4 is 10.1 Å². The maximum atomic E-state index is 12.1. The van der Waals surface area contributed by atoms with Crippen molar-refractivity contribution in [2.24, 2.45) is 0 Å². The molecule has 31 heavy (non-hydrogen) atoms. The summed E-state index contributed by atoms with van der Waals surface area (Å²) in [4.78, 5) is 16.7. The van der Waals surface area contributed by atoms with E-state index in [1.165, 1.54) is 0 Å². The number of carbonyl (C=O) groups is 1. The number of rotatable bonds is 11. The van der Waals surface area contributed by atoms with Gasteiger partial charge in [-0.15, -0.1) is 5.10 Å². The summed E-state index contributed by atoms with van der Waals surface area (Å²) in [5.41, 5.74) is 3.66. The number of aromatic nitrogens is 3. The molecule has 3 aromatic rings. The van der Waals surface area contributed by atoms with Crippen molar-refractivity contribution in [2.75, 3.05) is 25.6 Å². The van der Waals surface area contributed by atoms with E-state index in [0.717, 1.165) is 41.8 Å². The van der Waals surface area contributed by atoms with E-state index in [-0.39, 0.29) is 5.91 Å². The van der Waals surface area contributed by atoms with Gasteiger partial charge in [0.15, 0.2) is 5.82 Å². The van der Waals surface area contributed by atoms with E-state index in [2.05, 4.69) is 22.3 Å². The van der Waals surface area contributed by atoms with E-state index in [9.17, 15) is 4.79 Å². The number of anilines is 1. The van der Waals surface area contributed by atoms with Crippen molar-refractivity contribution < 1.29 is 14.3 Å². The molecule has 1 aromatic heterocycles. The molecule has 7 nitrogen and oxygen atoms in total. The molecule has 0 radical (unpaired) electrons. The third kappa shape index (κ3) is 6.15. The molecule has 1 N–H and O–H groups in total. The lowest BCUT2D eigenvalue weighted by atomic mass is 10.1. The van der Waals surface area contributed by atoms with Crippen molar-refractivity contribution in [1.82, 2.24) is 14.8 Å². The molecule has 0 fully saturated rings. The average molecular weight is 423 g/mol. The standard InChI is InChI=1S/C24H30N4O3/c1-4-5-6-11-22(29)25-19-12-14-20(15-13-19)28-23(21-10-8-7-9-18(21)2)26-24(27-28)31-17-16-30-3/h7-10,12-15H,4-6,11,16-17H2,1-3H3,(H,25,29). The average Bonchev–Trinajstić information content (AvgIpc) is 3.19. The molecule has 7 heteroatoms. The summed E-state index contributed by atoms with van der Waals surface area (Å²) in [6.45, 7) is 4.99. The number of hydrogen-bond donors (Lipinski definition) is 1. The molecule has 164 valence electrons. The summed E-state index contributed by atoms with van der Waals surface area (Å²) in [7, 11) is 1.62. The molecule has 2 aromatic carbocycles. The number of carbonyl (C=O) groups excluding carboxylic acids is 1. The predicted octanol–water partition coefficient (Wildman–Crippen LogP) is 4.79. The summed E-state index contributed by atoms with van der Waals surface area (Å²) in [6, 6.07) is 15.9. The first-order valence-corrected chi connectivity index (χ1v) is 10.7. The number of benzene rings is 2. The second-order valence-corrected chi connectivity index (χ2v) is 7.34. The lowest BCUT2D eigenvalue weighted by Crippen LogP contribution is -2.11. The molecule has 0 saturated heterocycles. The van der Waals surface area contributed by atoms with Crippen molar-refractivity contribution in [3.8, 4) is 23.1 Å².